The zero-order valence-corrected chi connectivity index (χ0v) is 10.6. The molecule has 0 saturated heterocycles. The number of aliphatic hydroxyl groups is 2. The summed E-state index contributed by atoms with van der Waals surface area (Å²) in [7, 11) is 0. The number of ketones is 1. The summed E-state index contributed by atoms with van der Waals surface area (Å²) in [5, 5.41) is 17.9. The van der Waals surface area contributed by atoms with Gasteiger partial charge in [-0.05, 0) is 24.2 Å². The van der Waals surface area contributed by atoms with E-state index in [4.69, 9.17) is 9.84 Å². The highest BCUT2D eigenvalue weighted by Gasteiger charge is 2.64. The van der Waals surface area contributed by atoms with E-state index in [-0.39, 0.29) is 24.0 Å². The van der Waals surface area contributed by atoms with Crippen LogP contribution in [0.15, 0.2) is 0 Å². The molecule has 0 amide bonds. The van der Waals surface area contributed by atoms with Crippen molar-refractivity contribution in [2.45, 2.75) is 39.2 Å². The first kappa shape index (κ1) is 13.0. The van der Waals surface area contributed by atoms with Crippen LogP contribution in [0.3, 0.4) is 0 Å². The number of ether oxygens (including phenoxy) is 1. The molecule has 3 unspecified atom stereocenters. The minimum absolute atomic E-state index is 0.00818. The highest BCUT2D eigenvalue weighted by atomic mass is 16.5. The largest absolute Gasteiger partial charge is 0.394 e. The highest BCUT2D eigenvalue weighted by molar-refractivity contribution is 5.89. The first-order valence-corrected chi connectivity index (χ1v) is 6.34. The maximum absolute atomic E-state index is 12.1. The number of fused-ring (bicyclic) bond motifs is 2. The zero-order valence-electron chi connectivity index (χ0n) is 10.6. The van der Waals surface area contributed by atoms with Crippen LogP contribution in [-0.4, -0.2) is 41.9 Å². The fourth-order valence-corrected chi connectivity index (χ4v) is 3.53. The molecule has 2 fully saturated rings. The minimum Gasteiger partial charge on any atom is -0.394 e. The Labute approximate surface area is 102 Å². The Bertz CT molecular complexity index is 313. The van der Waals surface area contributed by atoms with Crippen LogP contribution in [0.25, 0.3) is 0 Å². The van der Waals surface area contributed by atoms with E-state index in [1.807, 2.05) is 0 Å². The molecule has 0 spiro atoms. The summed E-state index contributed by atoms with van der Waals surface area (Å²) in [4.78, 5) is 12.1. The number of rotatable bonds is 5. The van der Waals surface area contributed by atoms with Gasteiger partial charge in [-0.1, -0.05) is 13.8 Å². The first-order valence-electron chi connectivity index (χ1n) is 6.34. The molecule has 2 aliphatic carbocycles. The lowest BCUT2D eigenvalue weighted by Crippen LogP contribution is -2.41. The number of Topliss-reactive ketones (excluding diaryl/α,β-unsaturated/α-hetero) is 1. The normalized spacial score (nSPS) is 36.5. The Kier molecular flexibility index (Phi) is 3.31. The van der Waals surface area contributed by atoms with Crippen LogP contribution in [0.4, 0.5) is 0 Å². The third-order valence-electron chi connectivity index (χ3n) is 5.01. The van der Waals surface area contributed by atoms with Crippen LogP contribution >= 0.6 is 0 Å². The third kappa shape index (κ3) is 1.83. The highest BCUT2D eigenvalue weighted by Crippen LogP contribution is 2.63. The standard InChI is InChI=1S/C13H22O4/c1-12(2)9-3-4-13(12,11(16)5-9)8-17-7-10(15)6-14/h9-10,14-15H,3-8H2,1-2H3. The molecule has 0 aromatic carbocycles. The van der Waals surface area contributed by atoms with E-state index in [1.54, 1.807) is 0 Å². The van der Waals surface area contributed by atoms with Crippen LogP contribution < -0.4 is 0 Å². The fraction of sp³-hybridized carbons (Fsp3) is 0.923. The molecule has 17 heavy (non-hydrogen) atoms. The molecular weight excluding hydrogens is 220 g/mol. The molecule has 4 heteroatoms. The number of carbonyl (C=O) groups is 1. The van der Waals surface area contributed by atoms with Crippen molar-refractivity contribution in [3.8, 4) is 0 Å². The lowest BCUT2D eigenvalue weighted by Gasteiger charge is -2.36. The number of hydrogen-bond donors (Lipinski definition) is 2. The van der Waals surface area contributed by atoms with Gasteiger partial charge in [0.1, 0.15) is 11.9 Å². The zero-order chi connectivity index (χ0) is 12.7. The second-order valence-electron chi connectivity index (χ2n) is 6.02. The summed E-state index contributed by atoms with van der Waals surface area (Å²) in [6, 6.07) is 0. The molecule has 2 saturated carbocycles. The molecule has 98 valence electrons. The maximum Gasteiger partial charge on any atom is 0.142 e. The fourth-order valence-electron chi connectivity index (χ4n) is 3.53. The average molecular weight is 242 g/mol. The van der Waals surface area contributed by atoms with Gasteiger partial charge in [0.25, 0.3) is 0 Å². The van der Waals surface area contributed by atoms with Gasteiger partial charge in [0.05, 0.1) is 25.2 Å². The van der Waals surface area contributed by atoms with E-state index in [0.29, 0.717) is 24.7 Å². The smallest absolute Gasteiger partial charge is 0.142 e. The summed E-state index contributed by atoms with van der Waals surface area (Å²) >= 11 is 0. The van der Waals surface area contributed by atoms with E-state index in [0.717, 1.165) is 12.8 Å². The average Bonchev–Trinajstić information content (AvgIpc) is 2.62. The molecule has 0 aliphatic heterocycles. The molecule has 4 nitrogen and oxygen atoms in total. The number of carbonyl (C=O) groups excluding carboxylic acids is 1. The predicted octanol–water partition coefficient (Wildman–Crippen LogP) is 0.752. The lowest BCUT2D eigenvalue weighted by atomic mass is 9.69. The van der Waals surface area contributed by atoms with Crippen molar-refractivity contribution in [3.63, 3.8) is 0 Å². The summed E-state index contributed by atoms with van der Waals surface area (Å²) < 4.78 is 5.47. The molecule has 2 N–H and O–H groups in total. The Balaban J connectivity index is 2.00. The Morgan fingerprint density at radius 3 is 2.71 bits per heavy atom. The molecule has 0 aromatic heterocycles. The van der Waals surface area contributed by atoms with Crippen LogP contribution in [0.1, 0.15) is 33.1 Å². The topological polar surface area (TPSA) is 66.8 Å². The van der Waals surface area contributed by atoms with Crippen LogP contribution in [0.5, 0.6) is 0 Å². The van der Waals surface area contributed by atoms with Gasteiger partial charge in [-0.3, -0.25) is 4.79 Å². The first-order chi connectivity index (χ1) is 7.94. The molecule has 0 heterocycles. The van der Waals surface area contributed by atoms with Crippen LogP contribution in [-0.2, 0) is 9.53 Å². The van der Waals surface area contributed by atoms with Gasteiger partial charge in [-0.15, -0.1) is 0 Å². The van der Waals surface area contributed by atoms with Crippen molar-refractivity contribution in [3.05, 3.63) is 0 Å². The molecule has 3 atom stereocenters. The van der Waals surface area contributed by atoms with Crippen molar-refractivity contribution in [2.24, 2.45) is 16.7 Å². The van der Waals surface area contributed by atoms with Gasteiger partial charge in [-0.2, -0.15) is 0 Å². The Hall–Kier alpha value is -0.450. The molecule has 2 rings (SSSR count). The monoisotopic (exact) mass is 242 g/mol. The van der Waals surface area contributed by atoms with Gasteiger partial charge in [0, 0.05) is 6.42 Å². The quantitative estimate of drug-likeness (QED) is 0.746. The van der Waals surface area contributed by atoms with Gasteiger partial charge < -0.3 is 14.9 Å². The van der Waals surface area contributed by atoms with Crippen molar-refractivity contribution < 1.29 is 19.7 Å². The van der Waals surface area contributed by atoms with Gasteiger partial charge in [-0.25, -0.2) is 0 Å². The SMILES string of the molecule is CC1(C)C2CCC1(COCC(O)CO)C(=O)C2. The molecule has 0 aromatic rings. The van der Waals surface area contributed by atoms with Crippen molar-refractivity contribution in [2.75, 3.05) is 19.8 Å². The van der Waals surface area contributed by atoms with E-state index in [1.165, 1.54) is 0 Å². The van der Waals surface area contributed by atoms with Crippen molar-refractivity contribution >= 4 is 5.78 Å². The molecule has 0 radical (unpaired) electrons. The van der Waals surface area contributed by atoms with E-state index < -0.39 is 6.10 Å². The van der Waals surface area contributed by atoms with E-state index >= 15 is 0 Å². The summed E-state index contributed by atoms with van der Waals surface area (Å²) in [5.74, 6) is 0.804. The number of aliphatic hydroxyl groups excluding tert-OH is 2. The van der Waals surface area contributed by atoms with Crippen molar-refractivity contribution in [1.29, 1.82) is 0 Å². The maximum atomic E-state index is 12.1. The second-order valence-corrected chi connectivity index (χ2v) is 6.02. The van der Waals surface area contributed by atoms with Crippen LogP contribution in [0, 0.1) is 16.7 Å². The summed E-state index contributed by atoms with van der Waals surface area (Å²) in [5.41, 5.74) is -0.346. The molecule has 2 bridgehead atoms. The number of hydrogen-bond acceptors (Lipinski definition) is 4. The predicted molar refractivity (Wildman–Crippen MR) is 62.5 cm³/mol. The van der Waals surface area contributed by atoms with Crippen LogP contribution in [0.2, 0.25) is 0 Å². The van der Waals surface area contributed by atoms with Gasteiger partial charge in [0.15, 0.2) is 0 Å². The van der Waals surface area contributed by atoms with Gasteiger partial charge >= 0.3 is 0 Å². The summed E-state index contributed by atoms with van der Waals surface area (Å²) in [6.45, 7) is 4.49. The Morgan fingerprint density at radius 2 is 2.24 bits per heavy atom. The minimum atomic E-state index is -0.844. The van der Waals surface area contributed by atoms with E-state index in [2.05, 4.69) is 13.8 Å². The second kappa shape index (κ2) is 4.34. The third-order valence-corrected chi connectivity index (χ3v) is 5.01. The summed E-state index contributed by atoms with van der Waals surface area (Å²) in [6.07, 6.45) is 1.84. The molecule has 2 aliphatic rings. The lowest BCUT2D eigenvalue weighted by molar-refractivity contribution is -0.135. The van der Waals surface area contributed by atoms with Crippen molar-refractivity contribution in [1.82, 2.24) is 0 Å². The van der Waals surface area contributed by atoms with E-state index in [9.17, 15) is 9.90 Å². The molecular formula is C13H22O4. The van der Waals surface area contributed by atoms with Gasteiger partial charge in [0.2, 0.25) is 0 Å². The Morgan fingerprint density at radius 1 is 1.53 bits per heavy atom.